The highest BCUT2D eigenvalue weighted by atomic mass is 16.6. The Kier molecular flexibility index (Phi) is 5.55. The number of hydrogen-bond donors (Lipinski definition) is 2. The van der Waals surface area contributed by atoms with Crippen molar-refractivity contribution in [3.63, 3.8) is 0 Å². The molecule has 0 bridgehead atoms. The molecule has 0 atom stereocenters. The second-order valence-corrected chi connectivity index (χ2v) is 5.52. The van der Waals surface area contributed by atoms with Gasteiger partial charge in [0.15, 0.2) is 0 Å². The van der Waals surface area contributed by atoms with Gasteiger partial charge in [-0.15, -0.1) is 0 Å². The number of hydrogen-bond acceptors (Lipinski definition) is 4. The highest BCUT2D eigenvalue weighted by Crippen LogP contribution is 2.14. The fourth-order valence-electron chi connectivity index (χ4n) is 1.58. The molecule has 0 saturated heterocycles. The minimum Gasteiger partial charge on any atom is -0.460 e. The summed E-state index contributed by atoms with van der Waals surface area (Å²) in [5, 5.41) is 5.82. The summed E-state index contributed by atoms with van der Waals surface area (Å²) in [5.41, 5.74) is 1.19. The summed E-state index contributed by atoms with van der Waals surface area (Å²) in [7, 11) is 0. The SMILES string of the molecule is CC(=O)Nc1ccc(NCCC(=O)OC(C)(C)C)cc1. The highest BCUT2D eigenvalue weighted by Gasteiger charge is 2.15. The maximum absolute atomic E-state index is 11.5. The Balaban J connectivity index is 2.35. The fourth-order valence-corrected chi connectivity index (χ4v) is 1.58. The van der Waals surface area contributed by atoms with Crippen LogP contribution in [0.15, 0.2) is 24.3 Å². The average Bonchev–Trinajstić information content (AvgIpc) is 2.28. The zero-order valence-electron chi connectivity index (χ0n) is 12.4. The summed E-state index contributed by atoms with van der Waals surface area (Å²) in [6, 6.07) is 7.30. The van der Waals surface area contributed by atoms with E-state index in [9.17, 15) is 9.59 Å². The lowest BCUT2D eigenvalue weighted by Gasteiger charge is -2.19. The van der Waals surface area contributed by atoms with Crippen LogP contribution in [0.1, 0.15) is 34.1 Å². The molecule has 1 amide bonds. The van der Waals surface area contributed by atoms with Gasteiger partial charge in [-0.2, -0.15) is 0 Å². The number of amides is 1. The van der Waals surface area contributed by atoms with Crippen LogP contribution in [0.4, 0.5) is 11.4 Å². The maximum Gasteiger partial charge on any atom is 0.308 e. The predicted octanol–water partition coefficient (Wildman–Crippen LogP) is 2.79. The zero-order valence-corrected chi connectivity index (χ0v) is 12.4. The van der Waals surface area contributed by atoms with Crippen LogP contribution in [0, 0.1) is 0 Å². The van der Waals surface area contributed by atoms with Gasteiger partial charge in [-0.25, -0.2) is 0 Å². The van der Waals surface area contributed by atoms with E-state index in [0.717, 1.165) is 11.4 Å². The van der Waals surface area contributed by atoms with Crippen LogP contribution in [0.5, 0.6) is 0 Å². The molecule has 0 aliphatic rings. The van der Waals surface area contributed by atoms with Gasteiger partial charge in [-0.05, 0) is 45.0 Å². The first-order chi connectivity index (χ1) is 9.26. The Labute approximate surface area is 119 Å². The summed E-state index contributed by atoms with van der Waals surface area (Å²) in [4.78, 5) is 22.4. The van der Waals surface area contributed by atoms with E-state index in [4.69, 9.17) is 4.74 Å². The lowest BCUT2D eigenvalue weighted by atomic mass is 10.2. The smallest absolute Gasteiger partial charge is 0.308 e. The lowest BCUT2D eigenvalue weighted by molar-refractivity contribution is -0.154. The third-order valence-electron chi connectivity index (χ3n) is 2.28. The number of nitrogens with one attached hydrogen (secondary N) is 2. The van der Waals surface area contributed by atoms with Crippen LogP contribution < -0.4 is 10.6 Å². The van der Waals surface area contributed by atoms with Crippen molar-refractivity contribution in [2.75, 3.05) is 17.2 Å². The number of anilines is 2. The number of benzene rings is 1. The maximum atomic E-state index is 11.5. The van der Waals surface area contributed by atoms with E-state index < -0.39 is 5.60 Å². The van der Waals surface area contributed by atoms with E-state index in [2.05, 4.69) is 10.6 Å². The molecule has 5 heteroatoms. The molecule has 0 heterocycles. The van der Waals surface area contributed by atoms with E-state index >= 15 is 0 Å². The second kappa shape index (κ2) is 6.93. The predicted molar refractivity (Wildman–Crippen MR) is 79.7 cm³/mol. The average molecular weight is 278 g/mol. The van der Waals surface area contributed by atoms with Crippen molar-refractivity contribution >= 4 is 23.3 Å². The van der Waals surface area contributed by atoms with Crippen molar-refractivity contribution < 1.29 is 14.3 Å². The van der Waals surface area contributed by atoms with Gasteiger partial charge in [0.05, 0.1) is 6.42 Å². The number of rotatable bonds is 5. The van der Waals surface area contributed by atoms with Gasteiger partial charge in [-0.1, -0.05) is 0 Å². The normalized spacial score (nSPS) is 10.8. The molecule has 0 fully saturated rings. The first-order valence-electron chi connectivity index (χ1n) is 6.59. The Morgan fingerprint density at radius 3 is 2.15 bits per heavy atom. The Morgan fingerprint density at radius 1 is 1.10 bits per heavy atom. The summed E-state index contributed by atoms with van der Waals surface area (Å²) in [5.74, 6) is -0.324. The largest absolute Gasteiger partial charge is 0.460 e. The standard InChI is InChI=1S/C15H22N2O3/c1-11(18)17-13-7-5-12(6-8-13)16-10-9-14(19)20-15(2,3)4/h5-8,16H,9-10H2,1-4H3,(H,17,18). The minimum absolute atomic E-state index is 0.101. The molecule has 2 N–H and O–H groups in total. The zero-order chi connectivity index (χ0) is 15.2. The third-order valence-corrected chi connectivity index (χ3v) is 2.28. The van der Waals surface area contributed by atoms with Crippen molar-refractivity contribution in [1.29, 1.82) is 0 Å². The van der Waals surface area contributed by atoms with Crippen LogP contribution >= 0.6 is 0 Å². The molecule has 0 radical (unpaired) electrons. The van der Waals surface area contributed by atoms with Crippen LogP contribution in [-0.4, -0.2) is 24.0 Å². The lowest BCUT2D eigenvalue weighted by Crippen LogP contribution is -2.25. The van der Waals surface area contributed by atoms with Gasteiger partial charge in [-0.3, -0.25) is 9.59 Å². The molecule has 1 rings (SSSR count). The van der Waals surface area contributed by atoms with E-state index in [1.165, 1.54) is 6.92 Å². The molecule has 1 aromatic carbocycles. The van der Waals surface area contributed by atoms with Crippen LogP contribution in [0.2, 0.25) is 0 Å². The van der Waals surface area contributed by atoms with Gasteiger partial charge >= 0.3 is 5.97 Å². The van der Waals surface area contributed by atoms with E-state index in [1.54, 1.807) is 12.1 Å². The first kappa shape index (κ1) is 16.0. The summed E-state index contributed by atoms with van der Waals surface area (Å²) in [6.45, 7) is 7.51. The van der Waals surface area contributed by atoms with Crippen molar-refractivity contribution in [3.8, 4) is 0 Å². The van der Waals surface area contributed by atoms with Crippen LogP contribution in [0.25, 0.3) is 0 Å². The molecule has 0 aliphatic carbocycles. The molecule has 1 aromatic rings. The molecular formula is C15H22N2O3. The van der Waals surface area contributed by atoms with Gasteiger partial charge < -0.3 is 15.4 Å². The van der Waals surface area contributed by atoms with E-state index in [-0.39, 0.29) is 11.9 Å². The van der Waals surface area contributed by atoms with Gasteiger partial charge in [0, 0.05) is 24.8 Å². The second-order valence-electron chi connectivity index (χ2n) is 5.52. The number of carbonyl (C=O) groups is 2. The van der Waals surface area contributed by atoms with Crippen molar-refractivity contribution in [1.82, 2.24) is 0 Å². The monoisotopic (exact) mass is 278 g/mol. The summed E-state index contributed by atoms with van der Waals surface area (Å²) < 4.78 is 5.21. The Hall–Kier alpha value is -2.04. The van der Waals surface area contributed by atoms with E-state index in [1.807, 2.05) is 32.9 Å². The molecule has 0 spiro atoms. The Morgan fingerprint density at radius 2 is 1.65 bits per heavy atom. The number of esters is 1. The Bertz CT molecular complexity index is 461. The third kappa shape index (κ3) is 6.78. The van der Waals surface area contributed by atoms with Crippen molar-refractivity contribution in [2.24, 2.45) is 0 Å². The van der Waals surface area contributed by atoms with Crippen LogP contribution in [-0.2, 0) is 14.3 Å². The molecule has 0 saturated carbocycles. The van der Waals surface area contributed by atoms with Gasteiger partial charge in [0.25, 0.3) is 0 Å². The molecule has 0 aliphatic heterocycles. The fraction of sp³-hybridized carbons (Fsp3) is 0.467. The van der Waals surface area contributed by atoms with Crippen molar-refractivity contribution in [2.45, 2.75) is 39.7 Å². The van der Waals surface area contributed by atoms with Crippen LogP contribution in [0.3, 0.4) is 0 Å². The number of carbonyl (C=O) groups excluding carboxylic acids is 2. The first-order valence-corrected chi connectivity index (χ1v) is 6.59. The van der Waals surface area contributed by atoms with Gasteiger partial charge in [0.1, 0.15) is 5.60 Å². The molecule has 20 heavy (non-hydrogen) atoms. The summed E-state index contributed by atoms with van der Waals surface area (Å²) >= 11 is 0. The van der Waals surface area contributed by atoms with Gasteiger partial charge in [0.2, 0.25) is 5.91 Å². The molecule has 0 aromatic heterocycles. The van der Waals surface area contributed by atoms with Crippen molar-refractivity contribution in [3.05, 3.63) is 24.3 Å². The molecule has 5 nitrogen and oxygen atoms in total. The summed E-state index contributed by atoms with van der Waals surface area (Å²) in [6.07, 6.45) is 0.310. The quantitative estimate of drug-likeness (QED) is 0.813. The molecular weight excluding hydrogens is 256 g/mol. The minimum atomic E-state index is -0.447. The number of ether oxygens (including phenoxy) is 1. The molecule has 0 unspecified atom stereocenters. The topological polar surface area (TPSA) is 67.4 Å². The highest BCUT2D eigenvalue weighted by molar-refractivity contribution is 5.88. The van der Waals surface area contributed by atoms with E-state index in [0.29, 0.717) is 13.0 Å². The molecule has 110 valence electrons.